The molecule has 0 fully saturated rings. The number of benzene rings is 1. The highest BCUT2D eigenvalue weighted by atomic mass is 16.5. The SMILES string of the molecule is CC[C@H](O)c1ccc(OCCOCC(C)C)cc1. The number of aliphatic hydroxyl groups is 1. The van der Waals surface area contributed by atoms with Crippen LogP contribution >= 0.6 is 0 Å². The molecule has 0 amide bonds. The van der Waals surface area contributed by atoms with Gasteiger partial charge in [-0.3, -0.25) is 0 Å². The van der Waals surface area contributed by atoms with Gasteiger partial charge in [0.15, 0.2) is 0 Å². The van der Waals surface area contributed by atoms with Crippen molar-refractivity contribution in [3.05, 3.63) is 29.8 Å². The standard InChI is InChI=1S/C15H24O3/c1-4-15(16)13-5-7-14(8-6-13)18-10-9-17-11-12(2)3/h5-8,12,15-16H,4,9-11H2,1-3H3/t15-/m0/s1. The van der Waals surface area contributed by atoms with Gasteiger partial charge in [-0.1, -0.05) is 32.9 Å². The summed E-state index contributed by atoms with van der Waals surface area (Å²) in [6.07, 6.45) is 0.344. The van der Waals surface area contributed by atoms with Crippen LogP contribution in [-0.2, 0) is 4.74 Å². The quantitative estimate of drug-likeness (QED) is 0.722. The third-order valence-corrected chi connectivity index (χ3v) is 2.60. The molecule has 3 heteroatoms. The van der Waals surface area contributed by atoms with Gasteiger partial charge in [0.25, 0.3) is 0 Å². The van der Waals surface area contributed by atoms with Gasteiger partial charge in [0.2, 0.25) is 0 Å². The van der Waals surface area contributed by atoms with E-state index in [-0.39, 0.29) is 6.10 Å². The summed E-state index contributed by atoms with van der Waals surface area (Å²) >= 11 is 0. The molecule has 0 aliphatic carbocycles. The fourth-order valence-electron chi connectivity index (χ4n) is 1.56. The Labute approximate surface area is 110 Å². The van der Waals surface area contributed by atoms with Crippen molar-refractivity contribution < 1.29 is 14.6 Å². The van der Waals surface area contributed by atoms with Gasteiger partial charge >= 0.3 is 0 Å². The van der Waals surface area contributed by atoms with Crippen LogP contribution in [0.5, 0.6) is 5.75 Å². The fraction of sp³-hybridized carbons (Fsp3) is 0.600. The molecule has 0 unspecified atom stereocenters. The lowest BCUT2D eigenvalue weighted by Crippen LogP contribution is -2.10. The molecule has 0 heterocycles. The predicted molar refractivity (Wildman–Crippen MR) is 72.8 cm³/mol. The second kappa shape index (κ2) is 8.11. The molecule has 102 valence electrons. The lowest BCUT2D eigenvalue weighted by Gasteiger charge is -2.11. The van der Waals surface area contributed by atoms with Crippen LogP contribution in [0.3, 0.4) is 0 Å². The number of hydrogen-bond donors (Lipinski definition) is 1. The average Bonchev–Trinajstić information content (AvgIpc) is 2.38. The zero-order valence-corrected chi connectivity index (χ0v) is 11.6. The lowest BCUT2D eigenvalue weighted by molar-refractivity contribution is 0.0818. The Morgan fingerprint density at radius 3 is 2.33 bits per heavy atom. The summed E-state index contributed by atoms with van der Waals surface area (Å²) in [7, 11) is 0. The first-order valence-corrected chi connectivity index (χ1v) is 6.62. The normalized spacial score (nSPS) is 12.7. The summed E-state index contributed by atoms with van der Waals surface area (Å²) in [5.74, 6) is 1.37. The fourth-order valence-corrected chi connectivity index (χ4v) is 1.56. The van der Waals surface area contributed by atoms with E-state index in [1.165, 1.54) is 0 Å². The highest BCUT2D eigenvalue weighted by molar-refractivity contribution is 5.28. The average molecular weight is 252 g/mol. The van der Waals surface area contributed by atoms with Crippen molar-refractivity contribution in [1.82, 2.24) is 0 Å². The van der Waals surface area contributed by atoms with E-state index in [0.717, 1.165) is 24.3 Å². The first kappa shape index (κ1) is 15.0. The van der Waals surface area contributed by atoms with Crippen molar-refractivity contribution >= 4 is 0 Å². The number of rotatable bonds is 8. The van der Waals surface area contributed by atoms with Gasteiger partial charge in [0.1, 0.15) is 12.4 Å². The summed E-state index contributed by atoms with van der Waals surface area (Å²) in [6, 6.07) is 7.57. The lowest BCUT2D eigenvalue weighted by atomic mass is 10.1. The van der Waals surface area contributed by atoms with Crippen molar-refractivity contribution in [2.45, 2.75) is 33.3 Å². The molecular weight excluding hydrogens is 228 g/mol. The Hall–Kier alpha value is -1.06. The summed E-state index contributed by atoms with van der Waals surface area (Å²) in [6.45, 7) is 8.14. The van der Waals surface area contributed by atoms with Crippen LogP contribution in [0.4, 0.5) is 0 Å². The molecule has 0 aromatic heterocycles. The third kappa shape index (κ3) is 5.52. The Morgan fingerprint density at radius 1 is 1.11 bits per heavy atom. The highest BCUT2D eigenvalue weighted by Crippen LogP contribution is 2.19. The van der Waals surface area contributed by atoms with Crippen molar-refractivity contribution in [3.8, 4) is 5.75 Å². The second-order valence-electron chi connectivity index (χ2n) is 4.81. The molecule has 1 rings (SSSR count). The van der Waals surface area contributed by atoms with Crippen LogP contribution in [0, 0.1) is 5.92 Å². The Morgan fingerprint density at radius 2 is 1.78 bits per heavy atom. The maximum atomic E-state index is 9.66. The number of aliphatic hydroxyl groups excluding tert-OH is 1. The largest absolute Gasteiger partial charge is 0.491 e. The van der Waals surface area contributed by atoms with Gasteiger partial charge in [-0.15, -0.1) is 0 Å². The topological polar surface area (TPSA) is 38.7 Å². The minimum atomic E-state index is -0.381. The molecule has 3 nitrogen and oxygen atoms in total. The van der Waals surface area contributed by atoms with E-state index in [1.807, 2.05) is 31.2 Å². The molecule has 18 heavy (non-hydrogen) atoms. The van der Waals surface area contributed by atoms with Crippen LogP contribution in [0.25, 0.3) is 0 Å². The predicted octanol–water partition coefficient (Wildman–Crippen LogP) is 3.18. The zero-order valence-electron chi connectivity index (χ0n) is 11.6. The van der Waals surface area contributed by atoms with Crippen LogP contribution in [0.2, 0.25) is 0 Å². The minimum Gasteiger partial charge on any atom is -0.491 e. The van der Waals surface area contributed by atoms with E-state index >= 15 is 0 Å². The van der Waals surface area contributed by atoms with Crippen LogP contribution < -0.4 is 4.74 Å². The Kier molecular flexibility index (Phi) is 6.76. The number of hydrogen-bond acceptors (Lipinski definition) is 3. The number of ether oxygens (including phenoxy) is 2. The molecule has 1 aromatic carbocycles. The maximum absolute atomic E-state index is 9.66. The van der Waals surface area contributed by atoms with Gasteiger partial charge in [0, 0.05) is 6.61 Å². The van der Waals surface area contributed by atoms with Gasteiger partial charge < -0.3 is 14.6 Å². The van der Waals surface area contributed by atoms with Gasteiger partial charge in [0.05, 0.1) is 12.7 Å². The molecule has 1 atom stereocenters. The zero-order chi connectivity index (χ0) is 13.4. The monoisotopic (exact) mass is 252 g/mol. The summed E-state index contributed by atoms with van der Waals surface area (Å²) in [5.41, 5.74) is 0.931. The molecule has 0 aliphatic rings. The first-order valence-electron chi connectivity index (χ1n) is 6.62. The smallest absolute Gasteiger partial charge is 0.119 e. The maximum Gasteiger partial charge on any atom is 0.119 e. The third-order valence-electron chi connectivity index (χ3n) is 2.60. The van der Waals surface area contributed by atoms with Crippen molar-refractivity contribution in [2.75, 3.05) is 19.8 Å². The van der Waals surface area contributed by atoms with Crippen LogP contribution in [0.1, 0.15) is 38.9 Å². The first-order chi connectivity index (χ1) is 8.63. The molecule has 0 bridgehead atoms. The molecule has 0 saturated carbocycles. The molecule has 0 aliphatic heterocycles. The Bertz CT molecular complexity index is 319. The minimum absolute atomic E-state index is 0.381. The molecular formula is C15H24O3. The van der Waals surface area contributed by atoms with Crippen LogP contribution in [-0.4, -0.2) is 24.9 Å². The molecule has 1 aromatic rings. The summed E-state index contributed by atoms with van der Waals surface area (Å²) in [5, 5.41) is 9.66. The van der Waals surface area contributed by atoms with Crippen molar-refractivity contribution in [2.24, 2.45) is 5.92 Å². The van der Waals surface area contributed by atoms with Gasteiger partial charge in [-0.25, -0.2) is 0 Å². The van der Waals surface area contributed by atoms with E-state index in [1.54, 1.807) is 0 Å². The van der Waals surface area contributed by atoms with Gasteiger partial charge in [-0.05, 0) is 30.0 Å². The van der Waals surface area contributed by atoms with E-state index in [9.17, 15) is 5.11 Å². The van der Waals surface area contributed by atoms with Crippen molar-refractivity contribution in [1.29, 1.82) is 0 Å². The van der Waals surface area contributed by atoms with Crippen LogP contribution in [0.15, 0.2) is 24.3 Å². The Balaban J connectivity index is 2.27. The second-order valence-corrected chi connectivity index (χ2v) is 4.81. The van der Waals surface area contributed by atoms with Crippen molar-refractivity contribution in [3.63, 3.8) is 0 Å². The molecule has 0 spiro atoms. The summed E-state index contributed by atoms with van der Waals surface area (Å²) < 4.78 is 11.0. The highest BCUT2D eigenvalue weighted by Gasteiger charge is 2.04. The van der Waals surface area contributed by atoms with E-state index in [4.69, 9.17) is 9.47 Å². The van der Waals surface area contributed by atoms with E-state index in [0.29, 0.717) is 19.1 Å². The van der Waals surface area contributed by atoms with E-state index < -0.39 is 0 Å². The molecule has 0 saturated heterocycles. The van der Waals surface area contributed by atoms with E-state index in [2.05, 4.69) is 13.8 Å². The molecule has 0 radical (unpaired) electrons. The van der Waals surface area contributed by atoms with Gasteiger partial charge in [-0.2, -0.15) is 0 Å². The molecule has 1 N–H and O–H groups in total. The summed E-state index contributed by atoms with van der Waals surface area (Å²) in [4.78, 5) is 0.